The highest BCUT2D eigenvalue weighted by atomic mass is 16.1. The first kappa shape index (κ1) is 8.99. The molecule has 2 rings (SSSR count). The molecule has 14 heavy (non-hydrogen) atoms. The zero-order valence-corrected chi connectivity index (χ0v) is 8.10. The van der Waals surface area contributed by atoms with Crippen molar-refractivity contribution < 1.29 is 4.79 Å². The van der Waals surface area contributed by atoms with Crippen molar-refractivity contribution in [1.29, 1.82) is 0 Å². The van der Waals surface area contributed by atoms with Crippen molar-refractivity contribution in [3.05, 3.63) is 30.9 Å². The van der Waals surface area contributed by atoms with Gasteiger partial charge >= 0.3 is 0 Å². The second kappa shape index (κ2) is 3.29. The van der Waals surface area contributed by atoms with Crippen molar-refractivity contribution in [3.8, 4) is 0 Å². The van der Waals surface area contributed by atoms with Gasteiger partial charge in [-0.05, 0) is 12.5 Å². The molecule has 1 amide bonds. The SMILES string of the molecule is C=CC(=O)N[C@@H]1C[C@H]1c1cncn1C. The van der Waals surface area contributed by atoms with Crippen LogP contribution in [0.5, 0.6) is 0 Å². The fourth-order valence-electron chi connectivity index (χ4n) is 1.65. The summed E-state index contributed by atoms with van der Waals surface area (Å²) in [5.74, 6) is 0.325. The molecule has 0 bridgehead atoms. The van der Waals surface area contributed by atoms with Crippen molar-refractivity contribution in [2.75, 3.05) is 0 Å². The summed E-state index contributed by atoms with van der Waals surface area (Å²) in [6.07, 6.45) is 5.93. The molecule has 1 saturated carbocycles. The van der Waals surface area contributed by atoms with Gasteiger partial charge in [-0.1, -0.05) is 6.58 Å². The molecule has 1 heterocycles. The van der Waals surface area contributed by atoms with Crippen molar-refractivity contribution in [1.82, 2.24) is 14.9 Å². The minimum atomic E-state index is -0.0975. The van der Waals surface area contributed by atoms with Gasteiger partial charge in [-0.15, -0.1) is 0 Å². The van der Waals surface area contributed by atoms with Crippen LogP contribution in [0, 0.1) is 0 Å². The van der Waals surface area contributed by atoms with E-state index >= 15 is 0 Å². The Labute approximate surface area is 82.6 Å². The van der Waals surface area contributed by atoms with E-state index in [1.54, 1.807) is 6.33 Å². The fourth-order valence-corrected chi connectivity index (χ4v) is 1.65. The van der Waals surface area contributed by atoms with Crippen LogP contribution in [0.3, 0.4) is 0 Å². The van der Waals surface area contributed by atoms with E-state index in [0.717, 1.165) is 6.42 Å². The quantitative estimate of drug-likeness (QED) is 0.710. The summed E-state index contributed by atoms with van der Waals surface area (Å²) in [4.78, 5) is 15.1. The smallest absolute Gasteiger partial charge is 0.243 e. The molecule has 4 heteroatoms. The predicted octanol–water partition coefficient (Wildman–Crippen LogP) is 0.578. The number of aryl methyl sites for hydroxylation is 1. The number of aromatic nitrogens is 2. The average molecular weight is 191 g/mol. The molecule has 4 nitrogen and oxygen atoms in total. The molecule has 0 unspecified atom stereocenters. The lowest BCUT2D eigenvalue weighted by atomic mass is 10.3. The van der Waals surface area contributed by atoms with Crippen LogP contribution >= 0.6 is 0 Å². The van der Waals surface area contributed by atoms with E-state index in [1.165, 1.54) is 11.8 Å². The van der Waals surface area contributed by atoms with Crippen molar-refractivity contribution in [3.63, 3.8) is 0 Å². The largest absolute Gasteiger partial charge is 0.349 e. The molecule has 1 aromatic heterocycles. The summed E-state index contributed by atoms with van der Waals surface area (Å²) in [5.41, 5.74) is 1.18. The summed E-state index contributed by atoms with van der Waals surface area (Å²) < 4.78 is 1.99. The number of hydrogen-bond donors (Lipinski definition) is 1. The first-order valence-electron chi connectivity index (χ1n) is 4.61. The summed E-state index contributed by atoms with van der Waals surface area (Å²) in [6, 6.07) is 0.260. The number of hydrogen-bond acceptors (Lipinski definition) is 2. The van der Waals surface area contributed by atoms with Crippen molar-refractivity contribution in [2.45, 2.75) is 18.4 Å². The first-order valence-corrected chi connectivity index (χ1v) is 4.61. The number of carbonyl (C=O) groups is 1. The van der Waals surface area contributed by atoms with Gasteiger partial charge in [-0.2, -0.15) is 0 Å². The molecule has 2 atom stereocenters. The number of imidazole rings is 1. The van der Waals surface area contributed by atoms with Crippen molar-refractivity contribution >= 4 is 5.91 Å². The van der Waals surface area contributed by atoms with Crippen LogP contribution in [-0.4, -0.2) is 21.5 Å². The molecule has 0 saturated heterocycles. The Morgan fingerprint density at radius 2 is 2.64 bits per heavy atom. The maximum atomic E-state index is 11.0. The van der Waals surface area contributed by atoms with E-state index in [2.05, 4.69) is 16.9 Å². The molecule has 74 valence electrons. The maximum absolute atomic E-state index is 11.0. The number of rotatable bonds is 3. The third-order valence-electron chi connectivity index (χ3n) is 2.54. The fraction of sp³-hybridized carbons (Fsp3) is 0.400. The average Bonchev–Trinajstić information content (AvgIpc) is 2.78. The summed E-state index contributed by atoms with van der Waals surface area (Å²) in [6.45, 7) is 3.42. The molecule has 0 aromatic carbocycles. The van der Waals surface area contributed by atoms with E-state index in [9.17, 15) is 4.79 Å². The molecular formula is C10H13N3O. The van der Waals surface area contributed by atoms with Gasteiger partial charge in [0.2, 0.25) is 5.91 Å². The van der Waals surface area contributed by atoms with Crippen LogP contribution < -0.4 is 5.32 Å². The van der Waals surface area contributed by atoms with Gasteiger partial charge in [0, 0.05) is 30.9 Å². The monoisotopic (exact) mass is 191 g/mol. The van der Waals surface area contributed by atoms with E-state index in [4.69, 9.17) is 0 Å². The third kappa shape index (κ3) is 1.55. The molecule has 0 radical (unpaired) electrons. The summed E-state index contributed by atoms with van der Waals surface area (Å²) >= 11 is 0. The second-order valence-electron chi connectivity index (χ2n) is 3.59. The molecule has 1 aliphatic carbocycles. The molecule has 1 aliphatic rings. The van der Waals surface area contributed by atoms with Crippen LogP contribution in [0.1, 0.15) is 18.0 Å². The predicted molar refractivity (Wildman–Crippen MR) is 52.7 cm³/mol. The second-order valence-corrected chi connectivity index (χ2v) is 3.59. The summed E-state index contributed by atoms with van der Waals surface area (Å²) in [5, 5.41) is 2.87. The van der Waals surface area contributed by atoms with Gasteiger partial charge in [-0.25, -0.2) is 4.98 Å². The Balaban J connectivity index is 1.96. The van der Waals surface area contributed by atoms with Crippen LogP contribution in [0.25, 0.3) is 0 Å². The molecule has 1 fully saturated rings. The van der Waals surface area contributed by atoms with Crippen molar-refractivity contribution in [2.24, 2.45) is 7.05 Å². The van der Waals surface area contributed by atoms with E-state index < -0.39 is 0 Å². The van der Waals surface area contributed by atoms with Gasteiger partial charge in [0.1, 0.15) is 0 Å². The lowest BCUT2D eigenvalue weighted by molar-refractivity contribution is -0.116. The molecule has 0 spiro atoms. The standard InChI is InChI=1S/C10H13N3O/c1-3-10(14)12-8-4-7(8)9-5-11-6-13(9)2/h3,5-8H,1,4H2,2H3,(H,12,14)/t7-,8-/m1/s1. The molecular weight excluding hydrogens is 178 g/mol. The first-order chi connectivity index (χ1) is 6.72. The van der Waals surface area contributed by atoms with E-state index in [-0.39, 0.29) is 11.9 Å². The van der Waals surface area contributed by atoms with Crippen LogP contribution in [0.2, 0.25) is 0 Å². The highest BCUT2D eigenvalue weighted by Crippen LogP contribution is 2.40. The van der Waals surface area contributed by atoms with Gasteiger partial charge in [-0.3, -0.25) is 4.79 Å². The minimum Gasteiger partial charge on any atom is -0.349 e. The lowest BCUT2D eigenvalue weighted by Crippen LogP contribution is -2.24. The zero-order chi connectivity index (χ0) is 10.1. The topological polar surface area (TPSA) is 46.9 Å². The Kier molecular flexibility index (Phi) is 2.11. The number of nitrogens with zero attached hydrogens (tertiary/aromatic N) is 2. The maximum Gasteiger partial charge on any atom is 0.243 e. The highest BCUT2D eigenvalue weighted by molar-refractivity contribution is 5.87. The van der Waals surface area contributed by atoms with Crippen LogP contribution in [-0.2, 0) is 11.8 Å². The zero-order valence-electron chi connectivity index (χ0n) is 8.10. The third-order valence-corrected chi connectivity index (χ3v) is 2.54. The molecule has 1 aromatic rings. The van der Waals surface area contributed by atoms with E-state index in [1.807, 2.05) is 17.8 Å². The Hall–Kier alpha value is -1.58. The Morgan fingerprint density at radius 3 is 3.21 bits per heavy atom. The summed E-state index contributed by atoms with van der Waals surface area (Å²) in [7, 11) is 1.97. The number of amides is 1. The Morgan fingerprint density at radius 1 is 1.86 bits per heavy atom. The highest BCUT2D eigenvalue weighted by Gasteiger charge is 2.40. The Bertz CT molecular complexity index is 369. The minimum absolute atomic E-state index is 0.0975. The van der Waals surface area contributed by atoms with Crippen LogP contribution in [0.4, 0.5) is 0 Å². The number of carbonyl (C=O) groups excluding carboxylic acids is 1. The molecule has 1 N–H and O–H groups in total. The van der Waals surface area contributed by atoms with Crippen LogP contribution in [0.15, 0.2) is 25.2 Å². The van der Waals surface area contributed by atoms with E-state index in [0.29, 0.717) is 5.92 Å². The normalized spacial score (nSPS) is 24.4. The number of nitrogens with one attached hydrogen (secondary N) is 1. The molecule has 0 aliphatic heterocycles. The van der Waals surface area contributed by atoms with Gasteiger partial charge < -0.3 is 9.88 Å². The lowest BCUT2D eigenvalue weighted by Gasteiger charge is -2.01. The van der Waals surface area contributed by atoms with Gasteiger partial charge in [0.15, 0.2) is 0 Å². The van der Waals surface area contributed by atoms with Gasteiger partial charge in [0.05, 0.1) is 6.33 Å². The van der Waals surface area contributed by atoms with Gasteiger partial charge in [0.25, 0.3) is 0 Å².